The van der Waals surface area contributed by atoms with Gasteiger partial charge in [0.2, 0.25) is 0 Å². The van der Waals surface area contributed by atoms with Gasteiger partial charge in [0.1, 0.15) is 17.2 Å². The number of rotatable bonds is 9. The van der Waals surface area contributed by atoms with Crippen LogP contribution < -0.4 is 14.9 Å². The van der Waals surface area contributed by atoms with E-state index in [1.165, 1.54) is 0 Å². The van der Waals surface area contributed by atoms with E-state index >= 15 is 0 Å². The van der Waals surface area contributed by atoms with Crippen LogP contribution in [0.15, 0.2) is 52.4 Å². The Morgan fingerprint density at radius 1 is 0.756 bits per heavy atom. The quantitative estimate of drug-likeness (QED) is 0.287. The molecule has 0 fully saturated rings. The van der Waals surface area contributed by atoms with Gasteiger partial charge in [-0.3, -0.25) is 9.98 Å². The van der Waals surface area contributed by atoms with Gasteiger partial charge >= 0.3 is 16.8 Å². The third kappa shape index (κ3) is 13.6. The van der Waals surface area contributed by atoms with Gasteiger partial charge < -0.3 is 34.8 Å². The molecule has 0 aliphatic heterocycles. The number of hydrogen-bond acceptors (Lipinski definition) is 9. The number of benzene rings is 3. The van der Waals surface area contributed by atoms with Crippen molar-refractivity contribution in [1.82, 2.24) is 0 Å². The van der Waals surface area contributed by atoms with Crippen molar-refractivity contribution in [2.45, 2.75) is 80.1 Å². The Labute approximate surface area is 276 Å². The molecule has 0 bridgehead atoms. The Morgan fingerprint density at radius 3 is 1.47 bits per heavy atom. The Morgan fingerprint density at radius 2 is 1.13 bits per heavy atom. The molecule has 0 aliphatic rings. The van der Waals surface area contributed by atoms with Gasteiger partial charge in [-0.15, -0.1) is 0 Å². The third-order valence-electron chi connectivity index (χ3n) is 6.39. The summed E-state index contributed by atoms with van der Waals surface area (Å²) in [6.45, 7) is 14.4. The number of phenols is 2. The first kappa shape index (κ1) is 40.8. The van der Waals surface area contributed by atoms with E-state index in [1.54, 1.807) is 19.5 Å². The number of aliphatic imine (C=N–C) groups is 2. The number of aromatic hydroxyl groups is 2. The molecular weight excluding hydrogens is 619 g/mol. The Kier molecular flexibility index (Phi) is 18.1. The predicted molar refractivity (Wildman–Crippen MR) is 172 cm³/mol. The standard InChI is InChI=1S/C31H38N2O3.2C2H4O2.Co/c1-8-21-12-23(30(34)26(14-21)19(3)4)17-32-28-11-10-25(36-7)16-29(28)33-18-24-13-22(9-2)15-27(20(5)6)31(24)35;2*1-2(3)4;/h10-20,34-35H,8-9H2,1-7H3;2*1H3,(H,3,4);/q;;;+2/p-2. The number of nitrogens with zero attached hydrogens (tertiary/aromatic N) is 2. The molecule has 0 unspecified atom stereocenters. The summed E-state index contributed by atoms with van der Waals surface area (Å²) in [4.78, 5) is 27.2. The minimum absolute atomic E-state index is 0. The van der Waals surface area contributed by atoms with Crippen molar-refractivity contribution in [3.63, 3.8) is 0 Å². The van der Waals surface area contributed by atoms with Crippen LogP contribution in [0.25, 0.3) is 0 Å². The third-order valence-corrected chi connectivity index (χ3v) is 6.39. The van der Waals surface area contributed by atoms with Gasteiger partial charge in [-0.2, -0.15) is 0 Å². The molecule has 0 spiro atoms. The van der Waals surface area contributed by atoms with E-state index in [0.717, 1.165) is 48.9 Å². The maximum absolute atomic E-state index is 10.9. The van der Waals surface area contributed by atoms with Gasteiger partial charge in [0.05, 0.1) is 18.5 Å². The molecule has 0 aromatic heterocycles. The number of carbonyl (C=O) groups is 2. The molecule has 0 saturated carbocycles. The van der Waals surface area contributed by atoms with Crippen molar-refractivity contribution < 1.29 is 51.5 Å². The first-order valence-corrected chi connectivity index (χ1v) is 14.5. The maximum Gasteiger partial charge on any atom is 2.00 e. The molecule has 0 saturated heterocycles. The van der Waals surface area contributed by atoms with Crippen molar-refractivity contribution in [3.8, 4) is 17.2 Å². The second kappa shape index (κ2) is 20.0. The monoisotopic (exact) mass is 663 g/mol. The molecular formula is C35H44CoN2O7. The summed E-state index contributed by atoms with van der Waals surface area (Å²) >= 11 is 0. The van der Waals surface area contributed by atoms with Crippen molar-refractivity contribution >= 4 is 35.7 Å². The summed E-state index contributed by atoms with van der Waals surface area (Å²) in [5, 5.41) is 39.5. The molecule has 9 nitrogen and oxygen atoms in total. The number of methoxy groups -OCH3 is 1. The molecule has 2 N–H and O–H groups in total. The van der Waals surface area contributed by atoms with Crippen molar-refractivity contribution in [2.75, 3.05) is 7.11 Å². The molecule has 0 aliphatic carbocycles. The Balaban J connectivity index is 0.00000192. The van der Waals surface area contributed by atoms with Gasteiger partial charge in [0, 0.05) is 41.6 Å². The molecule has 3 aromatic rings. The second-order valence-corrected chi connectivity index (χ2v) is 10.6. The second-order valence-electron chi connectivity index (χ2n) is 10.6. The zero-order valence-electron chi connectivity index (χ0n) is 27.4. The van der Waals surface area contributed by atoms with Crippen LogP contribution in [-0.2, 0) is 39.2 Å². The number of carboxylic acids is 2. The summed E-state index contributed by atoms with van der Waals surface area (Å²) in [6.07, 6.45) is 5.11. The number of aliphatic carboxylic acids is 2. The summed E-state index contributed by atoms with van der Waals surface area (Å²) in [6, 6.07) is 13.5. The summed E-state index contributed by atoms with van der Waals surface area (Å²) in [5.41, 5.74) is 6.71. The van der Waals surface area contributed by atoms with Crippen LogP contribution in [0.1, 0.15) is 101 Å². The summed E-state index contributed by atoms with van der Waals surface area (Å²) in [5.74, 6) is -0.600. The number of aryl methyl sites for hydroxylation is 2. The number of ether oxygens (including phenoxy) is 1. The topological polar surface area (TPSA) is 155 Å². The fourth-order valence-electron chi connectivity index (χ4n) is 4.10. The summed E-state index contributed by atoms with van der Waals surface area (Å²) < 4.78 is 5.41. The molecule has 45 heavy (non-hydrogen) atoms. The summed E-state index contributed by atoms with van der Waals surface area (Å²) in [7, 11) is 1.61. The van der Waals surface area contributed by atoms with Crippen LogP contribution in [-0.4, -0.2) is 41.7 Å². The Bertz CT molecular complexity index is 1460. The molecule has 3 aromatic carbocycles. The molecule has 10 heteroatoms. The number of hydrogen-bond donors (Lipinski definition) is 2. The van der Waals surface area contributed by atoms with E-state index in [-0.39, 0.29) is 40.1 Å². The van der Waals surface area contributed by atoms with Gasteiger partial charge in [0.15, 0.2) is 0 Å². The number of phenolic OH excluding ortho intramolecular Hbond substituents is 2. The van der Waals surface area contributed by atoms with Crippen molar-refractivity contribution in [2.24, 2.45) is 9.98 Å². The van der Waals surface area contributed by atoms with E-state index < -0.39 is 11.9 Å². The zero-order valence-corrected chi connectivity index (χ0v) is 28.5. The van der Waals surface area contributed by atoms with Crippen LogP contribution in [0, 0.1) is 0 Å². The van der Waals surface area contributed by atoms with Gasteiger partial charge in [-0.25, -0.2) is 0 Å². The minimum atomic E-state index is -1.08. The average Bonchev–Trinajstić information content (AvgIpc) is 2.95. The SMILES string of the molecule is CC(=O)[O-].CC(=O)[O-].CCc1cc(C=Nc2ccc(OC)cc2N=Cc2cc(CC)cc(C(C)C)c2O)c(O)c(C(C)C)c1.[Co+2]. The normalized spacial score (nSPS) is 10.6. The smallest absolute Gasteiger partial charge is 0.550 e. The van der Waals surface area contributed by atoms with Crippen LogP contribution >= 0.6 is 0 Å². The van der Waals surface area contributed by atoms with E-state index in [2.05, 4.69) is 58.7 Å². The van der Waals surface area contributed by atoms with Gasteiger partial charge in [0.25, 0.3) is 0 Å². The van der Waals surface area contributed by atoms with E-state index in [1.807, 2.05) is 30.3 Å². The fraction of sp³-hybridized carbons (Fsp3) is 0.371. The molecule has 0 heterocycles. The maximum atomic E-state index is 10.9. The first-order valence-electron chi connectivity index (χ1n) is 14.5. The van der Waals surface area contributed by atoms with Gasteiger partial charge in [-0.05, 0) is 85.0 Å². The van der Waals surface area contributed by atoms with Crippen LogP contribution in [0.5, 0.6) is 17.2 Å². The Hall–Kier alpha value is -4.15. The predicted octanol–water partition coefficient (Wildman–Crippen LogP) is 5.49. The van der Waals surface area contributed by atoms with E-state index in [0.29, 0.717) is 28.3 Å². The van der Waals surface area contributed by atoms with E-state index in [4.69, 9.17) is 29.5 Å². The first-order chi connectivity index (χ1) is 20.6. The van der Waals surface area contributed by atoms with Crippen molar-refractivity contribution in [3.05, 3.63) is 75.8 Å². The molecule has 0 atom stereocenters. The average molecular weight is 664 g/mol. The largest absolute Gasteiger partial charge is 2.00 e. The fourth-order valence-corrected chi connectivity index (χ4v) is 4.10. The zero-order chi connectivity index (χ0) is 33.6. The van der Waals surface area contributed by atoms with E-state index in [9.17, 15) is 10.2 Å². The van der Waals surface area contributed by atoms with Crippen LogP contribution in [0.3, 0.4) is 0 Å². The van der Waals surface area contributed by atoms with Gasteiger partial charge in [-0.1, -0.05) is 53.7 Å². The molecule has 3 rings (SSSR count). The number of carbonyl (C=O) groups excluding carboxylic acids is 2. The minimum Gasteiger partial charge on any atom is -0.550 e. The molecule has 0 amide bonds. The molecule has 1 radical (unpaired) electrons. The van der Waals surface area contributed by atoms with Crippen LogP contribution in [0.2, 0.25) is 0 Å². The van der Waals surface area contributed by atoms with Crippen LogP contribution in [0.4, 0.5) is 11.4 Å². The molecule has 245 valence electrons. The van der Waals surface area contributed by atoms with Crippen molar-refractivity contribution in [1.29, 1.82) is 0 Å². The number of carboxylic acid groups (broad SMARTS) is 2.